The van der Waals surface area contributed by atoms with Crippen LogP contribution in [0, 0.1) is 0 Å². The highest BCUT2D eigenvalue weighted by atomic mass is 32.2. The normalized spacial score (nSPS) is 14.6. The van der Waals surface area contributed by atoms with Gasteiger partial charge in [-0.1, -0.05) is 18.6 Å². The number of hydrogen-bond acceptors (Lipinski definition) is 6. The van der Waals surface area contributed by atoms with E-state index in [0.29, 0.717) is 40.6 Å². The van der Waals surface area contributed by atoms with Crippen LogP contribution in [0.25, 0.3) is 21.9 Å². The standard InChI is InChI=1S/C32H32F3NO5S/c1-39-26-12-14-28-22(20-26)6-13-27(23-7-15-30(42(2,37)38)29(21-23)32(33,34)35)31(28)41-25-10-8-24(9-11-25)40-19-18-36-16-4-3-5-17-36/h6-15,20-21H,3-5,16-19H2,1-2H3. The third-order valence-electron chi connectivity index (χ3n) is 7.34. The van der Waals surface area contributed by atoms with Gasteiger partial charge in [-0.15, -0.1) is 0 Å². The number of nitrogens with zero attached hydrogens (tertiary/aromatic N) is 1. The Labute approximate surface area is 243 Å². The van der Waals surface area contributed by atoms with Crippen molar-refractivity contribution in [1.29, 1.82) is 0 Å². The molecule has 0 N–H and O–H groups in total. The first kappa shape index (κ1) is 29.7. The lowest BCUT2D eigenvalue weighted by Crippen LogP contribution is -2.33. The zero-order chi connectivity index (χ0) is 29.9. The molecule has 0 radical (unpaired) electrons. The van der Waals surface area contributed by atoms with Gasteiger partial charge in [-0.2, -0.15) is 13.2 Å². The third-order valence-corrected chi connectivity index (χ3v) is 8.50. The average Bonchev–Trinajstić information content (AvgIpc) is 2.97. The molecule has 1 saturated heterocycles. The summed E-state index contributed by atoms with van der Waals surface area (Å²) in [6.45, 7) is 3.62. The van der Waals surface area contributed by atoms with E-state index in [4.69, 9.17) is 14.2 Å². The van der Waals surface area contributed by atoms with Gasteiger partial charge >= 0.3 is 6.18 Å². The summed E-state index contributed by atoms with van der Waals surface area (Å²) in [4.78, 5) is 1.62. The highest BCUT2D eigenvalue weighted by Crippen LogP contribution is 2.43. The maximum Gasteiger partial charge on any atom is 0.417 e. The van der Waals surface area contributed by atoms with E-state index in [1.807, 2.05) is 0 Å². The minimum absolute atomic E-state index is 0.167. The van der Waals surface area contributed by atoms with Gasteiger partial charge in [-0.25, -0.2) is 8.42 Å². The number of ether oxygens (including phenoxy) is 3. The van der Waals surface area contributed by atoms with Crippen LogP contribution in [0.4, 0.5) is 13.2 Å². The summed E-state index contributed by atoms with van der Waals surface area (Å²) in [5.41, 5.74) is -0.686. The predicted molar refractivity (Wildman–Crippen MR) is 156 cm³/mol. The van der Waals surface area contributed by atoms with Crippen molar-refractivity contribution in [2.24, 2.45) is 0 Å². The molecule has 5 rings (SSSR count). The monoisotopic (exact) mass is 599 g/mol. The Morgan fingerprint density at radius 2 is 1.52 bits per heavy atom. The van der Waals surface area contributed by atoms with Crippen molar-refractivity contribution in [1.82, 2.24) is 4.90 Å². The first-order valence-corrected chi connectivity index (χ1v) is 15.6. The van der Waals surface area contributed by atoms with Crippen molar-refractivity contribution >= 4 is 20.6 Å². The maximum atomic E-state index is 14.0. The highest BCUT2D eigenvalue weighted by molar-refractivity contribution is 7.90. The van der Waals surface area contributed by atoms with E-state index in [9.17, 15) is 21.6 Å². The molecule has 10 heteroatoms. The van der Waals surface area contributed by atoms with Crippen LogP contribution in [0.15, 0.2) is 77.7 Å². The Morgan fingerprint density at radius 1 is 0.833 bits per heavy atom. The van der Waals surface area contributed by atoms with E-state index < -0.39 is 26.5 Å². The number of piperidine rings is 1. The van der Waals surface area contributed by atoms with Gasteiger partial charge in [0.2, 0.25) is 0 Å². The van der Waals surface area contributed by atoms with E-state index in [2.05, 4.69) is 4.90 Å². The van der Waals surface area contributed by atoms with Crippen LogP contribution < -0.4 is 14.2 Å². The molecular weight excluding hydrogens is 567 g/mol. The summed E-state index contributed by atoms with van der Waals surface area (Å²) >= 11 is 0. The molecule has 4 aromatic carbocycles. The van der Waals surface area contributed by atoms with Crippen molar-refractivity contribution in [2.45, 2.75) is 30.3 Å². The molecule has 0 atom stereocenters. The molecule has 1 fully saturated rings. The van der Waals surface area contributed by atoms with Gasteiger partial charge in [0.1, 0.15) is 29.6 Å². The summed E-state index contributed by atoms with van der Waals surface area (Å²) in [6, 6.07) is 19.0. The Morgan fingerprint density at radius 3 is 2.19 bits per heavy atom. The van der Waals surface area contributed by atoms with Crippen LogP contribution in [0.2, 0.25) is 0 Å². The van der Waals surface area contributed by atoms with Crippen LogP contribution in [0.5, 0.6) is 23.0 Å². The molecule has 6 nitrogen and oxygen atoms in total. The first-order chi connectivity index (χ1) is 20.0. The average molecular weight is 600 g/mol. The van der Waals surface area contributed by atoms with E-state index in [1.54, 1.807) is 61.7 Å². The number of methoxy groups -OCH3 is 1. The molecule has 0 saturated carbocycles. The fourth-order valence-corrected chi connectivity index (χ4v) is 6.07. The van der Waals surface area contributed by atoms with Crippen LogP contribution in [0.1, 0.15) is 24.8 Å². The SMILES string of the molecule is COc1ccc2c(Oc3ccc(OCCN4CCCCC4)cc3)c(-c3ccc(S(C)(=O)=O)c(C(F)(F)F)c3)ccc2c1. The van der Waals surface area contributed by atoms with Crippen molar-refractivity contribution in [3.63, 3.8) is 0 Å². The zero-order valence-corrected chi connectivity index (χ0v) is 24.2. The number of benzene rings is 4. The van der Waals surface area contributed by atoms with Crippen LogP contribution in [-0.4, -0.2) is 52.9 Å². The molecule has 42 heavy (non-hydrogen) atoms. The number of fused-ring (bicyclic) bond motifs is 1. The minimum Gasteiger partial charge on any atom is -0.497 e. The Bertz CT molecular complexity index is 1660. The molecular formula is C32H32F3NO5S. The number of sulfone groups is 1. The molecule has 4 aromatic rings. The molecule has 1 aliphatic rings. The molecule has 0 spiro atoms. The van der Waals surface area contributed by atoms with E-state index >= 15 is 0 Å². The molecule has 222 valence electrons. The molecule has 0 bridgehead atoms. The van der Waals surface area contributed by atoms with Crippen molar-refractivity contribution in [3.8, 4) is 34.1 Å². The van der Waals surface area contributed by atoms with E-state index in [-0.39, 0.29) is 5.56 Å². The van der Waals surface area contributed by atoms with Gasteiger partial charge in [0.15, 0.2) is 9.84 Å². The Balaban J connectivity index is 1.48. The Hall–Kier alpha value is -3.76. The molecule has 0 aromatic heterocycles. The molecule has 1 heterocycles. The van der Waals surface area contributed by atoms with E-state index in [0.717, 1.165) is 43.4 Å². The van der Waals surface area contributed by atoms with Crippen molar-refractivity contribution in [3.05, 3.63) is 78.4 Å². The minimum atomic E-state index is -4.87. The summed E-state index contributed by atoms with van der Waals surface area (Å²) in [5.74, 6) is 2.10. The van der Waals surface area contributed by atoms with Gasteiger partial charge in [0.25, 0.3) is 0 Å². The lowest BCUT2D eigenvalue weighted by atomic mass is 9.97. The second-order valence-electron chi connectivity index (χ2n) is 10.3. The van der Waals surface area contributed by atoms with Crippen molar-refractivity contribution < 1.29 is 35.8 Å². The largest absolute Gasteiger partial charge is 0.497 e. The molecule has 0 unspecified atom stereocenters. The smallest absolute Gasteiger partial charge is 0.417 e. The lowest BCUT2D eigenvalue weighted by molar-refractivity contribution is -0.139. The van der Waals surface area contributed by atoms with E-state index in [1.165, 1.54) is 25.3 Å². The maximum absolute atomic E-state index is 14.0. The second kappa shape index (κ2) is 12.2. The Kier molecular flexibility index (Phi) is 8.65. The van der Waals surface area contributed by atoms with Gasteiger partial charge in [-0.3, -0.25) is 4.90 Å². The van der Waals surface area contributed by atoms with Gasteiger partial charge < -0.3 is 14.2 Å². The number of hydrogen-bond donors (Lipinski definition) is 0. The summed E-state index contributed by atoms with van der Waals surface area (Å²) in [5, 5.41) is 1.41. The predicted octanol–water partition coefficient (Wildman–Crippen LogP) is 7.59. The lowest BCUT2D eigenvalue weighted by Gasteiger charge is -2.26. The number of rotatable bonds is 9. The van der Waals surface area contributed by atoms with Crippen LogP contribution >= 0.6 is 0 Å². The quantitative estimate of drug-likeness (QED) is 0.198. The second-order valence-corrected chi connectivity index (χ2v) is 12.3. The highest BCUT2D eigenvalue weighted by Gasteiger charge is 2.36. The first-order valence-electron chi connectivity index (χ1n) is 13.7. The third kappa shape index (κ3) is 6.82. The fourth-order valence-electron chi connectivity index (χ4n) is 5.18. The van der Waals surface area contributed by atoms with Crippen molar-refractivity contribution in [2.75, 3.05) is 39.6 Å². The number of alkyl halides is 3. The van der Waals surface area contributed by atoms with Crippen LogP contribution in [0.3, 0.4) is 0 Å². The van der Waals surface area contributed by atoms with Gasteiger partial charge in [0.05, 0.1) is 17.6 Å². The molecule has 1 aliphatic heterocycles. The summed E-state index contributed by atoms with van der Waals surface area (Å²) in [6.07, 6.45) is -0.400. The fraction of sp³-hybridized carbons (Fsp3) is 0.312. The summed E-state index contributed by atoms with van der Waals surface area (Å²) in [7, 11) is -2.57. The summed E-state index contributed by atoms with van der Waals surface area (Å²) < 4.78 is 83.7. The zero-order valence-electron chi connectivity index (χ0n) is 23.4. The van der Waals surface area contributed by atoms with Crippen LogP contribution in [-0.2, 0) is 16.0 Å². The van der Waals surface area contributed by atoms with Gasteiger partial charge in [-0.05, 0) is 97.5 Å². The number of likely N-dealkylation sites (tertiary alicyclic amines) is 1. The molecule has 0 aliphatic carbocycles. The number of halogens is 3. The van der Waals surface area contributed by atoms with Gasteiger partial charge in [0, 0.05) is 23.8 Å². The molecule has 0 amide bonds. The topological polar surface area (TPSA) is 65.1 Å².